The molecule has 4 fully saturated rings. The van der Waals surface area contributed by atoms with Gasteiger partial charge in [0.05, 0.1) is 0 Å². The maximum absolute atomic E-state index is 13.9. The number of rotatable bonds is 17. The highest BCUT2D eigenvalue weighted by Crippen LogP contribution is 2.77. The fourth-order valence-corrected chi connectivity index (χ4v) is 14.2. The van der Waals surface area contributed by atoms with Crippen molar-refractivity contribution in [2.45, 2.75) is 209 Å². The van der Waals surface area contributed by atoms with Crippen molar-refractivity contribution in [1.82, 2.24) is 0 Å². The Morgan fingerprint density at radius 3 is 1.88 bits per heavy atom. The van der Waals surface area contributed by atoms with Crippen LogP contribution in [0.5, 0.6) is 0 Å². The lowest BCUT2D eigenvalue weighted by molar-refractivity contribution is -0.191. The van der Waals surface area contributed by atoms with Crippen LogP contribution in [0.25, 0.3) is 0 Å². The van der Waals surface area contributed by atoms with E-state index in [1.54, 1.807) is 0 Å². The lowest BCUT2D eigenvalue weighted by Crippen LogP contribution is -2.64. The average molecular weight is 661 g/mol. The van der Waals surface area contributed by atoms with Crippen LogP contribution < -0.4 is 0 Å². The molecule has 0 aromatic carbocycles. The van der Waals surface area contributed by atoms with E-state index in [0.29, 0.717) is 33.4 Å². The van der Waals surface area contributed by atoms with Crippen molar-refractivity contribution in [1.29, 1.82) is 0 Å². The van der Waals surface area contributed by atoms with Crippen molar-refractivity contribution < 1.29 is 4.79 Å². The van der Waals surface area contributed by atoms with Gasteiger partial charge in [-0.2, -0.15) is 0 Å². The van der Waals surface area contributed by atoms with E-state index in [2.05, 4.69) is 68.0 Å². The van der Waals surface area contributed by atoms with Crippen LogP contribution in [0.1, 0.15) is 209 Å². The topological polar surface area (TPSA) is 17.1 Å². The van der Waals surface area contributed by atoms with Gasteiger partial charge in [0, 0.05) is 12.3 Å². The fraction of sp³-hybridized carbons (Fsp3) is 0.894. The highest BCUT2D eigenvalue weighted by molar-refractivity contribution is 5.82. The zero-order valence-electron chi connectivity index (χ0n) is 33.6. The molecule has 5 rings (SSSR count). The standard InChI is InChI=1S/C47H80O/c1-10-11-12-13-14-15-16-17-18-19-20-21-22-23-24-39(48)38-28-32-45(7)40(43(38,4)5)30-34-47(9)42(45)26-25-41-44(6)31-27-36(35(2)3)37(44)29-33-46(41,47)8/h25,36-38,40,42H,2,10-24,26-34H2,1,3-9H3/t36-,37+,38+,40-,42+,44-,45-,46+,47+/m0/s1. The third-order valence-electron chi connectivity index (χ3n) is 17.1. The lowest BCUT2D eigenvalue weighted by Gasteiger charge is -2.71. The monoisotopic (exact) mass is 661 g/mol. The number of unbranched alkanes of at least 4 members (excludes halogenated alkanes) is 13. The van der Waals surface area contributed by atoms with E-state index in [4.69, 9.17) is 0 Å². The van der Waals surface area contributed by atoms with E-state index in [1.165, 1.54) is 140 Å². The summed E-state index contributed by atoms with van der Waals surface area (Å²) < 4.78 is 0. The van der Waals surface area contributed by atoms with Crippen molar-refractivity contribution in [3.8, 4) is 0 Å². The molecule has 48 heavy (non-hydrogen) atoms. The average Bonchev–Trinajstić information content (AvgIpc) is 3.38. The first-order chi connectivity index (χ1) is 22.8. The van der Waals surface area contributed by atoms with Crippen molar-refractivity contribution in [2.24, 2.45) is 56.7 Å². The molecule has 5 aliphatic rings. The number of allylic oxidation sites excluding steroid dienone is 3. The Labute approximate surface area is 299 Å². The Hall–Kier alpha value is -0.850. The highest BCUT2D eigenvalue weighted by atomic mass is 16.1. The van der Waals surface area contributed by atoms with Crippen LogP contribution in [0.4, 0.5) is 0 Å². The van der Waals surface area contributed by atoms with Crippen LogP contribution in [0.15, 0.2) is 23.8 Å². The number of ketones is 1. The first kappa shape index (κ1) is 38.4. The van der Waals surface area contributed by atoms with E-state index in [9.17, 15) is 4.79 Å². The minimum Gasteiger partial charge on any atom is -0.299 e. The SMILES string of the molecule is C=C(C)[C@@H]1CC[C@]2(C)C3=CC[C@@H]4[C@@]5(C)CC[C@H](C(=O)CCCCCCCCCCCCCCCC)C(C)(C)[C@@H]5CC[C@@]4(C)[C@]3(C)CC[C@H]12. The Kier molecular flexibility index (Phi) is 12.3. The molecule has 4 saturated carbocycles. The first-order valence-electron chi connectivity index (χ1n) is 21.7. The number of carbonyl (C=O) groups excluding carboxylic acids is 1. The Morgan fingerprint density at radius 2 is 1.29 bits per heavy atom. The van der Waals surface area contributed by atoms with Crippen molar-refractivity contribution in [3.05, 3.63) is 23.8 Å². The zero-order valence-corrected chi connectivity index (χ0v) is 33.6. The lowest BCUT2D eigenvalue weighted by atomic mass is 9.33. The summed E-state index contributed by atoms with van der Waals surface area (Å²) in [7, 11) is 0. The van der Waals surface area contributed by atoms with Gasteiger partial charge in [-0.1, -0.05) is 156 Å². The number of hydrogen-bond donors (Lipinski definition) is 0. The second-order valence-electron chi connectivity index (χ2n) is 20.0. The van der Waals surface area contributed by atoms with Gasteiger partial charge in [-0.05, 0) is 122 Å². The van der Waals surface area contributed by atoms with Crippen LogP contribution >= 0.6 is 0 Å². The number of carbonyl (C=O) groups is 1. The molecule has 0 spiro atoms. The second kappa shape index (κ2) is 15.4. The van der Waals surface area contributed by atoms with Gasteiger partial charge >= 0.3 is 0 Å². The maximum atomic E-state index is 13.9. The second-order valence-corrected chi connectivity index (χ2v) is 20.0. The summed E-state index contributed by atoms with van der Waals surface area (Å²) in [4.78, 5) is 13.9. The number of hydrogen-bond acceptors (Lipinski definition) is 1. The fourth-order valence-electron chi connectivity index (χ4n) is 14.2. The molecule has 0 N–H and O–H groups in total. The summed E-state index contributed by atoms with van der Waals surface area (Å²) in [6, 6.07) is 0. The number of fused-ring (bicyclic) bond motifs is 7. The molecular weight excluding hydrogens is 581 g/mol. The van der Waals surface area contributed by atoms with Crippen LogP contribution in [0.3, 0.4) is 0 Å². The smallest absolute Gasteiger partial charge is 0.136 e. The van der Waals surface area contributed by atoms with E-state index in [1.807, 2.05) is 5.57 Å². The molecule has 0 unspecified atom stereocenters. The summed E-state index contributed by atoms with van der Waals surface area (Å²) in [5.41, 5.74) is 4.75. The van der Waals surface area contributed by atoms with Gasteiger partial charge in [0.15, 0.2) is 0 Å². The quantitative estimate of drug-likeness (QED) is 0.112. The van der Waals surface area contributed by atoms with Gasteiger partial charge in [-0.15, -0.1) is 0 Å². The Balaban J connectivity index is 1.12. The van der Waals surface area contributed by atoms with E-state index in [-0.39, 0.29) is 11.3 Å². The molecule has 0 aromatic heterocycles. The zero-order chi connectivity index (χ0) is 34.8. The van der Waals surface area contributed by atoms with E-state index in [0.717, 1.165) is 37.0 Å². The predicted molar refractivity (Wildman–Crippen MR) is 208 cm³/mol. The normalized spacial score (nSPS) is 39.9. The summed E-state index contributed by atoms with van der Waals surface area (Å²) in [5.74, 6) is 3.77. The van der Waals surface area contributed by atoms with Gasteiger partial charge in [-0.3, -0.25) is 4.79 Å². The molecule has 0 saturated heterocycles. The minimum absolute atomic E-state index is 0.107. The summed E-state index contributed by atoms with van der Waals surface area (Å²) >= 11 is 0. The molecule has 9 atom stereocenters. The molecule has 0 heterocycles. The Bertz CT molecular complexity index is 1140. The first-order valence-corrected chi connectivity index (χ1v) is 21.7. The van der Waals surface area contributed by atoms with Crippen LogP contribution in [-0.2, 0) is 4.79 Å². The van der Waals surface area contributed by atoms with Gasteiger partial charge < -0.3 is 0 Å². The van der Waals surface area contributed by atoms with Gasteiger partial charge in [0.1, 0.15) is 5.78 Å². The number of Topliss-reactive ketones (excluding diaryl/α,β-unsaturated/α-hetero) is 1. The van der Waals surface area contributed by atoms with E-state index < -0.39 is 0 Å². The summed E-state index contributed by atoms with van der Waals surface area (Å²) in [6.45, 7) is 24.9. The van der Waals surface area contributed by atoms with Gasteiger partial charge in [0.2, 0.25) is 0 Å². The van der Waals surface area contributed by atoms with Crippen LogP contribution in [0.2, 0.25) is 0 Å². The van der Waals surface area contributed by atoms with Crippen molar-refractivity contribution in [2.75, 3.05) is 0 Å². The predicted octanol–water partition coefficient (Wildman–Crippen LogP) is 14.6. The third kappa shape index (κ3) is 6.87. The summed E-state index contributed by atoms with van der Waals surface area (Å²) in [6.07, 6.45) is 34.6. The van der Waals surface area contributed by atoms with E-state index >= 15 is 0 Å². The molecule has 0 aliphatic heterocycles. The Morgan fingerprint density at radius 1 is 0.708 bits per heavy atom. The van der Waals surface area contributed by atoms with Crippen LogP contribution in [-0.4, -0.2) is 5.78 Å². The molecule has 0 bridgehead atoms. The molecule has 274 valence electrons. The van der Waals surface area contributed by atoms with Crippen molar-refractivity contribution in [3.63, 3.8) is 0 Å². The molecule has 0 radical (unpaired) electrons. The molecule has 0 amide bonds. The highest BCUT2D eigenvalue weighted by Gasteiger charge is 2.69. The third-order valence-corrected chi connectivity index (χ3v) is 17.1. The molecule has 5 aliphatic carbocycles. The molecule has 0 aromatic rings. The van der Waals surface area contributed by atoms with Crippen molar-refractivity contribution >= 4 is 5.78 Å². The van der Waals surface area contributed by atoms with Gasteiger partial charge in [-0.25, -0.2) is 0 Å². The molecular formula is C47H80O. The summed E-state index contributed by atoms with van der Waals surface area (Å²) in [5, 5.41) is 0. The largest absolute Gasteiger partial charge is 0.299 e. The van der Waals surface area contributed by atoms with Crippen LogP contribution in [0, 0.1) is 56.7 Å². The molecule has 1 nitrogen and oxygen atoms in total. The maximum Gasteiger partial charge on any atom is 0.136 e. The van der Waals surface area contributed by atoms with Gasteiger partial charge in [0.25, 0.3) is 0 Å². The molecule has 1 heteroatoms. The minimum atomic E-state index is 0.107.